The van der Waals surface area contributed by atoms with Crippen molar-refractivity contribution in [3.63, 3.8) is 0 Å². The van der Waals surface area contributed by atoms with Gasteiger partial charge in [-0.3, -0.25) is 24.0 Å². The molecule has 0 aromatic rings. The highest BCUT2D eigenvalue weighted by Gasteiger charge is 1.67. The third-order valence-electron chi connectivity index (χ3n) is 0. The molecule has 0 aliphatic rings. The molecule has 0 aliphatic heterocycles. The van der Waals surface area contributed by atoms with Crippen LogP contribution in [0.4, 0.5) is 0 Å². The number of hydrogen-bond acceptors (Lipinski definition) is 5. The van der Waals surface area contributed by atoms with Crippen LogP contribution in [-0.4, -0.2) is 55.4 Å². The molecule has 0 heterocycles. The number of carboxylic acid groups (broad SMARTS) is 5. The van der Waals surface area contributed by atoms with E-state index in [0.717, 1.165) is 34.6 Å². The highest BCUT2D eigenvalue weighted by Crippen LogP contribution is 1.43. The van der Waals surface area contributed by atoms with E-state index in [9.17, 15) is 0 Å². The second-order valence-electron chi connectivity index (χ2n) is 2.60. The zero-order valence-corrected chi connectivity index (χ0v) is 17.4. The van der Waals surface area contributed by atoms with E-state index in [-0.39, 0.29) is 0 Å². The van der Waals surface area contributed by atoms with Gasteiger partial charge in [-0.1, -0.05) is 0 Å². The van der Waals surface area contributed by atoms with Gasteiger partial charge in [0.25, 0.3) is 29.8 Å². The summed E-state index contributed by atoms with van der Waals surface area (Å²) in [5, 5.41) is 37.1. The van der Waals surface area contributed by atoms with Gasteiger partial charge in [0.2, 0.25) is 0 Å². The molecule has 0 unspecified atom stereocenters. The monoisotopic (exact) mass is 412 g/mol. The van der Waals surface area contributed by atoms with Crippen LogP contribution in [0.5, 0.6) is 0 Å². The van der Waals surface area contributed by atoms with E-state index >= 15 is 0 Å². The largest absolute Gasteiger partial charge is 0.481 e. The minimum atomic E-state index is -0.833. The van der Waals surface area contributed by atoms with Crippen LogP contribution < -0.4 is 0 Å². The molecule has 0 bridgehead atoms. The van der Waals surface area contributed by atoms with Gasteiger partial charge in [-0.05, 0) is 0 Å². The maximum atomic E-state index is 9.00. The van der Waals surface area contributed by atoms with Crippen LogP contribution in [0.15, 0.2) is 52.6 Å². The maximum Gasteiger partial charge on any atom is 0.300 e. The first-order valence-electron chi connectivity index (χ1n) is 6.64. The molecule has 0 amide bonds. The third-order valence-corrected chi connectivity index (χ3v) is 0. The fourth-order valence-corrected chi connectivity index (χ4v) is 0. The third kappa shape index (κ3) is 744. The van der Waals surface area contributed by atoms with Crippen molar-refractivity contribution in [3.05, 3.63) is 52.6 Å². The lowest BCUT2D eigenvalue weighted by Crippen LogP contribution is -1.78. The summed E-state index contributed by atoms with van der Waals surface area (Å²) in [6.07, 6.45) is 0. The van der Waals surface area contributed by atoms with E-state index in [0.29, 0.717) is 0 Å². The standard InChI is InChI=1S/5C2H4O2.4C2H4/c5*1-2(3)4;4*1-2/h5*1H3,(H,3,4);4*1-2H2. The zero-order valence-electron chi connectivity index (χ0n) is 17.4. The smallest absolute Gasteiger partial charge is 0.300 e. The van der Waals surface area contributed by atoms with Crippen LogP contribution in [0.1, 0.15) is 34.6 Å². The van der Waals surface area contributed by atoms with Crippen molar-refractivity contribution in [1.82, 2.24) is 0 Å². The van der Waals surface area contributed by atoms with Gasteiger partial charge in [0.15, 0.2) is 0 Å². The van der Waals surface area contributed by atoms with Gasteiger partial charge >= 0.3 is 0 Å². The highest BCUT2D eigenvalue weighted by molar-refractivity contribution is 5.63. The van der Waals surface area contributed by atoms with E-state index in [1.165, 1.54) is 0 Å². The molecule has 10 nitrogen and oxygen atoms in total. The lowest BCUT2D eigenvalue weighted by atomic mass is 10.9. The molecule has 28 heavy (non-hydrogen) atoms. The van der Waals surface area contributed by atoms with Gasteiger partial charge in [-0.2, -0.15) is 0 Å². The molecule has 0 aliphatic carbocycles. The molecule has 0 aromatic carbocycles. The Kier molecular flexibility index (Phi) is 183. The first-order valence-corrected chi connectivity index (χ1v) is 6.64. The molecule has 0 spiro atoms. The summed E-state index contributed by atoms with van der Waals surface area (Å²) in [5.74, 6) is -4.17. The van der Waals surface area contributed by atoms with Crippen molar-refractivity contribution in [2.75, 3.05) is 0 Å². The second-order valence-corrected chi connectivity index (χ2v) is 2.60. The number of aliphatic carboxylic acids is 5. The van der Waals surface area contributed by atoms with E-state index in [2.05, 4.69) is 52.6 Å². The molecule has 0 fully saturated rings. The minimum absolute atomic E-state index is 0.833. The van der Waals surface area contributed by atoms with Crippen LogP contribution in [-0.2, 0) is 24.0 Å². The molecule has 0 radical (unpaired) electrons. The number of rotatable bonds is 0. The fourth-order valence-electron chi connectivity index (χ4n) is 0. The molecule has 10 heteroatoms. The van der Waals surface area contributed by atoms with Gasteiger partial charge in [-0.15, -0.1) is 52.6 Å². The normalized spacial score (nSPS) is 5.04. The fraction of sp³-hybridized carbons (Fsp3) is 0.278. The summed E-state index contributed by atoms with van der Waals surface area (Å²) in [5.41, 5.74) is 0. The molecule has 0 saturated carbocycles. The predicted molar refractivity (Wildman–Crippen MR) is 112 cm³/mol. The molecular formula is C18H36O10. The molecule has 0 atom stereocenters. The summed E-state index contributed by atoms with van der Waals surface area (Å²) >= 11 is 0. The van der Waals surface area contributed by atoms with Gasteiger partial charge in [-0.25, -0.2) is 0 Å². The Balaban J connectivity index is -0.0000000211. The minimum Gasteiger partial charge on any atom is -0.481 e. The predicted octanol–water partition coefficient (Wildman–Crippen LogP) is 3.66. The van der Waals surface area contributed by atoms with Crippen molar-refractivity contribution in [2.45, 2.75) is 34.6 Å². The van der Waals surface area contributed by atoms with E-state index in [1.54, 1.807) is 0 Å². The van der Waals surface area contributed by atoms with Gasteiger partial charge in [0.1, 0.15) is 0 Å². The molecule has 0 aromatic heterocycles. The molecular weight excluding hydrogens is 376 g/mol. The SMILES string of the molecule is C=C.C=C.C=C.C=C.CC(=O)O.CC(=O)O.CC(=O)O.CC(=O)O.CC(=O)O. The molecule has 168 valence electrons. The Morgan fingerprint density at radius 2 is 0.357 bits per heavy atom. The van der Waals surface area contributed by atoms with E-state index in [1.807, 2.05) is 0 Å². The summed E-state index contributed by atoms with van der Waals surface area (Å²) in [6.45, 7) is 29.4. The lowest BCUT2D eigenvalue weighted by Gasteiger charge is -1.59. The number of carbonyl (C=O) groups is 5. The van der Waals surface area contributed by atoms with Crippen LogP contribution in [0, 0.1) is 0 Å². The average molecular weight is 412 g/mol. The molecule has 5 N–H and O–H groups in total. The Morgan fingerprint density at radius 1 is 0.357 bits per heavy atom. The Labute approximate surface area is 167 Å². The Hall–Kier alpha value is -3.69. The van der Waals surface area contributed by atoms with Crippen LogP contribution in [0.25, 0.3) is 0 Å². The first kappa shape index (κ1) is 56.4. The summed E-state index contributed by atoms with van der Waals surface area (Å²) < 4.78 is 0. The summed E-state index contributed by atoms with van der Waals surface area (Å²) in [7, 11) is 0. The van der Waals surface area contributed by atoms with Crippen molar-refractivity contribution < 1.29 is 49.5 Å². The van der Waals surface area contributed by atoms with Gasteiger partial charge < -0.3 is 25.5 Å². The Morgan fingerprint density at radius 3 is 0.357 bits per heavy atom. The topological polar surface area (TPSA) is 186 Å². The van der Waals surface area contributed by atoms with Crippen LogP contribution in [0.2, 0.25) is 0 Å². The van der Waals surface area contributed by atoms with Crippen molar-refractivity contribution >= 4 is 29.8 Å². The van der Waals surface area contributed by atoms with Crippen molar-refractivity contribution in [3.8, 4) is 0 Å². The zero-order chi connectivity index (χ0) is 25.9. The van der Waals surface area contributed by atoms with Crippen LogP contribution >= 0.6 is 0 Å². The first-order chi connectivity index (χ1) is 12.7. The summed E-state index contributed by atoms with van der Waals surface area (Å²) in [4.78, 5) is 45.0. The highest BCUT2D eigenvalue weighted by atomic mass is 16.4. The van der Waals surface area contributed by atoms with Gasteiger partial charge in [0, 0.05) is 34.6 Å². The Bertz CT molecular complexity index is 255. The van der Waals surface area contributed by atoms with Crippen molar-refractivity contribution in [2.24, 2.45) is 0 Å². The number of carboxylic acids is 5. The quantitative estimate of drug-likeness (QED) is 0.367. The van der Waals surface area contributed by atoms with E-state index in [4.69, 9.17) is 49.5 Å². The molecule has 0 rings (SSSR count). The lowest BCUT2D eigenvalue weighted by molar-refractivity contribution is -0.135. The average Bonchev–Trinajstić information content (AvgIpc) is 2.52. The van der Waals surface area contributed by atoms with Crippen molar-refractivity contribution in [1.29, 1.82) is 0 Å². The maximum absolute atomic E-state index is 9.00. The second kappa shape index (κ2) is 90.7. The van der Waals surface area contributed by atoms with Gasteiger partial charge in [0.05, 0.1) is 0 Å². The van der Waals surface area contributed by atoms with E-state index < -0.39 is 29.8 Å². The molecule has 0 saturated heterocycles. The number of hydrogen-bond donors (Lipinski definition) is 5. The van der Waals surface area contributed by atoms with Crippen LogP contribution in [0.3, 0.4) is 0 Å². The summed E-state index contributed by atoms with van der Waals surface area (Å²) in [6, 6.07) is 0.